The zero-order valence-corrected chi connectivity index (χ0v) is 26.4. The van der Waals surface area contributed by atoms with Crippen LogP contribution < -0.4 is 4.57 Å². The number of nitrogens with zero attached hydrogens (tertiary/aromatic N) is 2. The molecule has 196 valence electrons. The fourth-order valence-electron chi connectivity index (χ4n) is 6.91. The van der Waals surface area contributed by atoms with Crippen LogP contribution in [-0.2, 0) is 18.9 Å². The monoisotopic (exact) mass is 623 g/mol. The van der Waals surface area contributed by atoms with Crippen molar-refractivity contribution < 1.29 is 4.57 Å². The summed E-state index contributed by atoms with van der Waals surface area (Å²) in [4.78, 5) is 0. The topological polar surface area (TPSA) is 8.29 Å². The van der Waals surface area contributed by atoms with Crippen LogP contribution in [0, 0.1) is 13.8 Å². The van der Waals surface area contributed by atoms with Crippen LogP contribution in [0.15, 0.2) is 60.8 Å². The minimum Gasteiger partial charge on any atom is -0.307 e. The van der Waals surface area contributed by atoms with Gasteiger partial charge in [-0.3, -0.25) is 0 Å². The number of fused-ring (bicyclic) bond motifs is 7. The summed E-state index contributed by atoms with van der Waals surface area (Å²) in [6, 6.07) is 21.2. The number of halogens is 1. The van der Waals surface area contributed by atoms with Gasteiger partial charge in [0.25, 0.3) is 0 Å². The zero-order chi connectivity index (χ0) is 27.6. The van der Waals surface area contributed by atoms with E-state index in [2.05, 4.69) is 148 Å². The standard InChI is InChI=1S/C36H36IN2/c1-20-9-12-24-21(2)30-33(28(27(24)17-20)19-36(6,7)37)39-29-18-23(35(3,4)5)11-14-25(29)26-13-10-22-15-16-38(8)34(30)31(22)32(26)39/h9-18H,19H2,1-8H3/q+1. The molecule has 2 nitrogen and oxygen atoms in total. The van der Waals surface area contributed by atoms with E-state index in [0.717, 1.165) is 6.42 Å². The van der Waals surface area contributed by atoms with E-state index < -0.39 is 0 Å². The third kappa shape index (κ3) is 3.54. The molecule has 0 radical (unpaired) electrons. The number of pyridine rings is 2. The maximum atomic E-state index is 2.65. The molecule has 7 rings (SSSR count). The van der Waals surface area contributed by atoms with Crippen LogP contribution in [0.25, 0.3) is 59.8 Å². The van der Waals surface area contributed by atoms with Crippen molar-refractivity contribution >= 4 is 82.4 Å². The lowest BCUT2D eigenvalue weighted by molar-refractivity contribution is -0.643. The summed E-state index contributed by atoms with van der Waals surface area (Å²) in [6.45, 7) is 16.2. The molecular formula is C36H36IN2+. The molecule has 0 bridgehead atoms. The molecule has 0 saturated carbocycles. The average Bonchev–Trinajstić information content (AvgIpc) is 3.19. The third-order valence-corrected chi connectivity index (χ3v) is 9.14. The Hall–Kier alpha value is -2.92. The van der Waals surface area contributed by atoms with E-state index in [4.69, 9.17) is 0 Å². The number of aromatic nitrogens is 2. The molecule has 39 heavy (non-hydrogen) atoms. The Labute approximate surface area is 244 Å². The highest BCUT2D eigenvalue weighted by Crippen LogP contribution is 2.45. The summed E-state index contributed by atoms with van der Waals surface area (Å²) in [5.74, 6) is 0. The van der Waals surface area contributed by atoms with Gasteiger partial charge in [0, 0.05) is 20.3 Å². The Balaban J connectivity index is 1.91. The smallest absolute Gasteiger partial charge is 0.224 e. The number of benzene rings is 4. The number of hydrogen-bond donors (Lipinski definition) is 0. The summed E-state index contributed by atoms with van der Waals surface area (Å²) in [6.07, 6.45) is 3.24. The quantitative estimate of drug-likeness (QED) is 0.0596. The van der Waals surface area contributed by atoms with Gasteiger partial charge in [-0.05, 0) is 64.6 Å². The molecule has 4 aromatic carbocycles. The average molecular weight is 624 g/mol. The number of aryl methyl sites for hydroxylation is 3. The Morgan fingerprint density at radius 3 is 2.21 bits per heavy atom. The predicted octanol–water partition coefficient (Wildman–Crippen LogP) is 9.64. The van der Waals surface area contributed by atoms with Gasteiger partial charge in [-0.1, -0.05) is 105 Å². The Morgan fingerprint density at radius 1 is 0.769 bits per heavy atom. The molecule has 0 aliphatic heterocycles. The summed E-state index contributed by atoms with van der Waals surface area (Å²) in [5.41, 5.74) is 11.0. The van der Waals surface area contributed by atoms with Crippen LogP contribution in [0.1, 0.15) is 56.9 Å². The fraction of sp³-hybridized carbons (Fsp3) is 0.306. The van der Waals surface area contributed by atoms with Crippen molar-refractivity contribution in [2.45, 2.75) is 63.7 Å². The molecule has 0 N–H and O–H groups in total. The maximum absolute atomic E-state index is 2.65. The second kappa shape index (κ2) is 8.06. The molecule has 0 amide bonds. The lowest BCUT2D eigenvalue weighted by Gasteiger charge is -2.23. The molecule has 0 saturated heterocycles. The fourth-order valence-corrected chi connectivity index (χ4v) is 7.29. The SMILES string of the molecule is Cc1ccc2c(C)c3c(c(CC(C)(C)I)c2c1)n1c2cc(C(C)(C)C)ccc2c2ccc4cc[n+](C)c3c4c21. The highest BCUT2D eigenvalue weighted by Gasteiger charge is 2.29. The lowest BCUT2D eigenvalue weighted by Crippen LogP contribution is -2.29. The van der Waals surface area contributed by atoms with E-state index in [9.17, 15) is 0 Å². The van der Waals surface area contributed by atoms with Gasteiger partial charge in [0.05, 0.1) is 27.3 Å². The number of hydrogen-bond acceptors (Lipinski definition) is 0. The third-order valence-electron chi connectivity index (χ3n) is 8.76. The molecule has 0 atom stereocenters. The van der Waals surface area contributed by atoms with Crippen LogP contribution >= 0.6 is 22.6 Å². The first-order valence-electron chi connectivity index (χ1n) is 14.0. The van der Waals surface area contributed by atoms with Gasteiger partial charge in [0.2, 0.25) is 5.52 Å². The highest BCUT2D eigenvalue weighted by molar-refractivity contribution is 14.1. The number of alkyl halides is 1. The molecule has 0 fully saturated rings. The van der Waals surface area contributed by atoms with E-state index in [1.54, 1.807) is 0 Å². The van der Waals surface area contributed by atoms with Crippen molar-refractivity contribution in [3.63, 3.8) is 0 Å². The van der Waals surface area contributed by atoms with E-state index in [-0.39, 0.29) is 8.84 Å². The summed E-state index contributed by atoms with van der Waals surface area (Å²) in [5, 5.41) is 9.51. The summed E-state index contributed by atoms with van der Waals surface area (Å²) >= 11 is 2.64. The Morgan fingerprint density at radius 2 is 1.49 bits per heavy atom. The van der Waals surface area contributed by atoms with Gasteiger partial charge >= 0.3 is 0 Å². The van der Waals surface area contributed by atoms with Gasteiger partial charge in [0.1, 0.15) is 7.05 Å². The van der Waals surface area contributed by atoms with E-state index in [1.165, 1.54) is 82.0 Å². The van der Waals surface area contributed by atoms with Gasteiger partial charge in [-0.15, -0.1) is 0 Å². The zero-order valence-electron chi connectivity index (χ0n) is 24.3. The molecule has 3 heterocycles. The van der Waals surface area contributed by atoms with Crippen molar-refractivity contribution in [1.82, 2.24) is 4.40 Å². The molecule has 0 aliphatic carbocycles. The second-order valence-corrected chi connectivity index (χ2v) is 16.2. The van der Waals surface area contributed by atoms with E-state index >= 15 is 0 Å². The van der Waals surface area contributed by atoms with Crippen LogP contribution in [0.5, 0.6) is 0 Å². The largest absolute Gasteiger partial charge is 0.307 e. The van der Waals surface area contributed by atoms with E-state index in [1.807, 2.05) is 0 Å². The van der Waals surface area contributed by atoms with Crippen LogP contribution in [0.3, 0.4) is 0 Å². The normalized spacial score (nSPS) is 13.4. The second-order valence-electron chi connectivity index (χ2n) is 13.3. The van der Waals surface area contributed by atoms with Crippen molar-refractivity contribution in [2.24, 2.45) is 7.05 Å². The minimum atomic E-state index is 0.0749. The van der Waals surface area contributed by atoms with Gasteiger partial charge < -0.3 is 4.40 Å². The summed E-state index contributed by atoms with van der Waals surface area (Å²) in [7, 11) is 2.22. The maximum Gasteiger partial charge on any atom is 0.224 e. The summed E-state index contributed by atoms with van der Waals surface area (Å²) < 4.78 is 5.12. The van der Waals surface area contributed by atoms with Crippen molar-refractivity contribution in [2.75, 3.05) is 0 Å². The first-order chi connectivity index (χ1) is 18.3. The molecular weight excluding hydrogens is 587 g/mol. The Kier molecular flexibility index (Phi) is 5.18. The van der Waals surface area contributed by atoms with Crippen LogP contribution in [0.2, 0.25) is 0 Å². The lowest BCUT2D eigenvalue weighted by atomic mass is 9.86. The van der Waals surface area contributed by atoms with Crippen molar-refractivity contribution in [3.05, 3.63) is 83.0 Å². The predicted molar refractivity (Wildman–Crippen MR) is 177 cm³/mol. The highest BCUT2D eigenvalue weighted by atomic mass is 127. The number of rotatable bonds is 2. The minimum absolute atomic E-state index is 0.0749. The first kappa shape index (κ1) is 25.1. The molecule has 0 spiro atoms. The van der Waals surface area contributed by atoms with Gasteiger partial charge in [-0.2, -0.15) is 0 Å². The Bertz CT molecular complexity index is 2130. The van der Waals surface area contributed by atoms with Crippen molar-refractivity contribution in [1.29, 1.82) is 0 Å². The molecule has 3 heteroatoms. The molecule has 7 aromatic rings. The van der Waals surface area contributed by atoms with Crippen LogP contribution in [0.4, 0.5) is 0 Å². The molecule has 0 aliphatic rings. The van der Waals surface area contributed by atoms with Gasteiger partial charge in [-0.25, -0.2) is 4.57 Å². The molecule has 0 unspecified atom stereocenters. The van der Waals surface area contributed by atoms with Gasteiger partial charge in [0.15, 0.2) is 6.20 Å². The first-order valence-corrected chi connectivity index (χ1v) is 15.1. The molecule has 3 aromatic heterocycles. The van der Waals surface area contributed by atoms with E-state index in [0.29, 0.717) is 0 Å². The van der Waals surface area contributed by atoms with Crippen LogP contribution in [-0.4, -0.2) is 7.82 Å². The van der Waals surface area contributed by atoms with Crippen molar-refractivity contribution in [3.8, 4) is 0 Å².